The Hall–Kier alpha value is -3.07. The summed E-state index contributed by atoms with van der Waals surface area (Å²) in [7, 11) is 0. The van der Waals surface area contributed by atoms with E-state index in [1.54, 1.807) is 30.3 Å². The van der Waals surface area contributed by atoms with Gasteiger partial charge in [-0.25, -0.2) is 4.79 Å². The van der Waals surface area contributed by atoms with E-state index in [1.165, 1.54) is 25.6 Å². The number of aryl methyl sites for hydroxylation is 1. The zero-order valence-corrected chi connectivity index (χ0v) is 13.8. The van der Waals surface area contributed by atoms with E-state index in [9.17, 15) is 14.4 Å². The summed E-state index contributed by atoms with van der Waals surface area (Å²) in [5, 5.41) is 10.2. The zero-order valence-electron chi connectivity index (χ0n) is 13.0. The Bertz CT molecular complexity index is 970. The second-order valence-corrected chi connectivity index (χ2v) is 6.43. The van der Waals surface area contributed by atoms with Crippen LogP contribution in [0, 0.1) is 0 Å². The molecule has 3 heterocycles. The Labute approximate surface area is 145 Å². The Morgan fingerprint density at radius 2 is 1.60 bits per heavy atom. The molecule has 1 aliphatic rings. The number of hydrogen-bond acceptors (Lipinski definition) is 6. The number of aromatic nitrogens is 4. The van der Waals surface area contributed by atoms with Crippen molar-refractivity contribution in [2.45, 2.75) is 13.0 Å². The second-order valence-electron chi connectivity index (χ2n) is 5.51. The highest BCUT2D eigenvalue weighted by Crippen LogP contribution is 2.22. The summed E-state index contributed by atoms with van der Waals surface area (Å²) in [6.45, 7) is 0.502. The third-order valence-corrected chi connectivity index (χ3v) is 4.83. The molecule has 2 amide bonds. The van der Waals surface area contributed by atoms with Gasteiger partial charge in [-0.3, -0.25) is 14.5 Å². The van der Waals surface area contributed by atoms with Crippen LogP contribution >= 0.6 is 11.3 Å². The molecule has 25 heavy (non-hydrogen) atoms. The lowest BCUT2D eigenvalue weighted by Gasteiger charge is -2.12. The first-order valence-electron chi connectivity index (χ1n) is 7.69. The number of rotatable bonds is 5. The minimum Gasteiger partial charge on any atom is -0.274 e. The molecule has 126 valence electrons. The van der Waals surface area contributed by atoms with Crippen molar-refractivity contribution in [1.82, 2.24) is 24.7 Å². The Balaban J connectivity index is 1.43. The van der Waals surface area contributed by atoms with Gasteiger partial charge in [-0.1, -0.05) is 12.1 Å². The minimum atomic E-state index is -0.343. The monoisotopic (exact) mass is 355 g/mol. The number of hydrogen-bond donors (Lipinski definition) is 0. The average Bonchev–Trinajstić information content (AvgIpc) is 3.32. The maximum atomic E-state index is 12.3. The van der Waals surface area contributed by atoms with Crippen LogP contribution in [0.3, 0.4) is 0 Å². The number of carbonyl (C=O) groups is 2. The summed E-state index contributed by atoms with van der Waals surface area (Å²) >= 11 is 1.39. The fourth-order valence-electron chi connectivity index (χ4n) is 2.76. The van der Waals surface area contributed by atoms with Gasteiger partial charge in [-0.2, -0.15) is 9.36 Å². The molecule has 2 aromatic heterocycles. The van der Waals surface area contributed by atoms with Gasteiger partial charge in [0, 0.05) is 13.1 Å². The Morgan fingerprint density at radius 3 is 2.24 bits per heavy atom. The van der Waals surface area contributed by atoms with E-state index in [0.717, 1.165) is 0 Å². The Morgan fingerprint density at radius 1 is 0.880 bits per heavy atom. The van der Waals surface area contributed by atoms with Crippen molar-refractivity contribution in [3.05, 3.63) is 63.4 Å². The van der Waals surface area contributed by atoms with Gasteiger partial charge in [0.25, 0.3) is 11.8 Å². The molecular weight excluding hydrogens is 342 g/mol. The quantitative estimate of drug-likeness (QED) is 0.641. The topological polar surface area (TPSA) is 90.1 Å². The van der Waals surface area contributed by atoms with Crippen molar-refractivity contribution >= 4 is 23.2 Å². The van der Waals surface area contributed by atoms with Crippen LogP contribution in [-0.4, -0.2) is 43.0 Å². The molecule has 0 bridgehead atoms. The summed E-state index contributed by atoms with van der Waals surface area (Å²) in [5.41, 5.74) is 0.506. The average molecular weight is 355 g/mol. The maximum Gasteiger partial charge on any atom is 0.369 e. The predicted octanol–water partition coefficient (Wildman–Crippen LogP) is 1.18. The van der Waals surface area contributed by atoms with Gasteiger partial charge >= 0.3 is 5.69 Å². The third-order valence-electron chi connectivity index (χ3n) is 3.98. The molecule has 0 atom stereocenters. The molecule has 9 heteroatoms. The molecule has 3 aromatic rings. The standard InChI is InChI=1S/C16H13N5O3S/c22-14-11-5-1-2-6-12(11)15(23)19(14)8-4-9-20-16(24)21(18-17-20)13-7-3-10-25-13/h1-3,5-7,10H,4,8-9H2. The van der Waals surface area contributed by atoms with Crippen molar-refractivity contribution in [1.29, 1.82) is 0 Å². The number of fused-ring (bicyclic) bond motifs is 1. The lowest BCUT2D eigenvalue weighted by molar-refractivity contribution is 0.0650. The molecule has 0 saturated heterocycles. The summed E-state index contributed by atoms with van der Waals surface area (Å²) in [6, 6.07) is 10.4. The fraction of sp³-hybridized carbons (Fsp3) is 0.188. The largest absolute Gasteiger partial charge is 0.369 e. The molecule has 4 rings (SSSR count). The lowest BCUT2D eigenvalue weighted by atomic mass is 10.1. The molecule has 0 radical (unpaired) electrons. The number of thiophene rings is 1. The van der Waals surface area contributed by atoms with Gasteiger partial charge in [0.15, 0.2) is 0 Å². The summed E-state index contributed by atoms with van der Waals surface area (Å²) in [4.78, 5) is 38.0. The van der Waals surface area contributed by atoms with E-state index >= 15 is 0 Å². The normalized spacial score (nSPS) is 13.5. The summed E-state index contributed by atoms with van der Waals surface area (Å²) in [6.07, 6.45) is 0.425. The van der Waals surface area contributed by atoms with E-state index in [2.05, 4.69) is 10.4 Å². The zero-order chi connectivity index (χ0) is 17.4. The fourth-order valence-corrected chi connectivity index (χ4v) is 3.43. The maximum absolute atomic E-state index is 12.3. The summed E-state index contributed by atoms with van der Waals surface area (Å²) in [5.74, 6) is -0.592. The Kier molecular flexibility index (Phi) is 3.77. The number of amides is 2. The predicted molar refractivity (Wildman–Crippen MR) is 89.9 cm³/mol. The van der Waals surface area contributed by atoms with Crippen LogP contribution in [0.2, 0.25) is 0 Å². The smallest absolute Gasteiger partial charge is 0.274 e. The van der Waals surface area contributed by atoms with Gasteiger partial charge in [0.2, 0.25) is 0 Å². The van der Waals surface area contributed by atoms with Crippen LogP contribution in [0.4, 0.5) is 0 Å². The van der Waals surface area contributed by atoms with Crippen LogP contribution < -0.4 is 5.69 Å². The van der Waals surface area contributed by atoms with Crippen molar-refractivity contribution < 1.29 is 9.59 Å². The van der Waals surface area contributed by atoms with Crippen LogP contribution in [0.15, 0.2) is 46.6 Å². The number of tetrazole rings is 1. The highest BCUT2D eigenvalue weighted by molar-refractivity contribution is 7.12. The SMILES string of the molecule is O=C1c2ccccc2C(=O)N1CCCn1nnn(-c2cccs2)c1=O. The third kappa shape index (κ3) is 2.58. The first kappa shape index (κ1) is 15.5. The van der Waals surface area contributed by atoms with E-state index < -0.39 is 0 Å². The molecule has 0 spiro atoms. The molecule has 0 fully saturated rings. The van der Waals surface area contributed by atoms with Crippen LogP contribution in [0.1, 0.15) is 27.1 Å². The van der Waals surface area contributed by atoms with Gasteiger partial charge in [0.05, 0.1) is 11.1 Å². The van der Waals surface area contributed by atoms with E-state index in [-0.39, 0.29) is 30.6 Å². The van der Waals surface area contributed by atoms with E-state index in [1.807, 2.05) is 11.4 Å². The van der Waals surface area contributed by atoms with Crippen LogP contribution in [0.5, 0.6) is 0 Å². The molecule has 1 aromatic carbocycles. The number of nitrogens with zero attached hydrogens (tertiary/aromatic N) is 5. The van der Waals surface area contributed by atoms with Gasteiger partial charge in [-0.05, 0) is 46.5 Å². The van der Waals surface area contributed by atoms with Crippen LogP contribution in [0.25, 0.3) is 5.00 Å². The van der Waals surface area contributed by atoms with Crippen molar-refractivity contribution in [3.63, 3.8) is 0 Å². The van der Waals surface area contributed by atoms with Gasteiger partial charge < -0.3 is 0 Å². The second kappa shape index (κ2) is 6.10. The molecule has 0 unspecified atom stereocenters. The molecule has 0 saturated carbocycles. The molecule has 0 N–H and O–H groups in total. The first-order chi connectivity index (χ1) is 12.2. The lowest BCUT2D eigenvalue weighted by Crippen LogP contribution is -2.32. The van der Waals surface area contributed by atoms with E-state index in [0.29, 0.717) is 22.5 Å². The first-order valence-corrected chi connectivity index (χ1v) is 8.57. The van der Waals surface area contributed by atoms with Gasteiger partial charge in [-0.15, -0.1) is 11.3 Å². The van der Waals surface area contributed by atoms with Crippen molar-refractivity contribution in [3.8, 4) is 5.00 Å². The summed E-state index contributed by atoms with van der Waals surface area (Å²) < 4.78 is 2.46. The molecular formula is C16H13N5O3S. The number of imide groups is 1. The number of carbonyl (C=O) groups excluding carboxylic acids is 2. The van der Waals surface area contributed by atoms with E-state index in [4.69, 9.17) is 0 Å². The van der Waals surface area contributed by atoms with Crippen LogP contribution in [-0.2, 0) is 6.54 Å². The van der Waals surface area contributed by atoms with Gasteiger partial charge in [0.1, 0.15) is 5.00 Å². The highest BCUT2D eigenvalue weighted by atomic mass is 32.1. The van der Waals surface area contributed by atoms with Crippen molar-refractivity contribution in [2.75, 3.05) is 6.54 Å². The highest BCUT2D eigenvalue weighted by Gasteiger charge is 2.34. The molecule has 1 aliphatic heterocycles. The molecule has 8 nitrogen and oxygen atoms in total. The minimum absolute atomic E-state index is 0.227. The number of benzene rings is 1. The van der Waals surface area contributed by atoms with Crippen molar-refractivity contribution in [2.24, 2.45) is 0 Å². The molecule has 0 aliphatic carbocycles.